The fourth-order valence-electron chi connectivity index (χ4n) is 1.57. The lowest BCUT2D eigenvalue weighted by atomic mass is 10.2. The van der Waals surface area contributed by atoms with Crippen molar-refractivity contribution in [3.8, 4) is 0 Å². The molecule has 0 fully saturated rings. The van der Waals surface area contributed by atoms with Gasteiger partial charge in [0.2, 0.25) is 0 Å². The molecule has 0 aliphatic rings. The van der Waals surface area contributed by atoms with Crippen molar-refractivity contribution in [2.45, 2.75) is 26.7 Å². The summed E-state index contributed by atoms with van der Waals surface area (Å²) >= 11 is 0. The van der Waals surface area contributed by atoms with Gasteiger partial charge in [0.1, 0.15) is 0 Å². The molecule has 0 bridgehead atoms. The lowest BCUT2D eigenvalue weighted by molar-refractivity contribution is -0.137. The molecule has 0 aliphatic heterocycles. The molecule has 0 saturated carbocycles. The Morgan fingerprint density at radius 1 is 1.29 bits per heavy atom. The third-order valence-corrected chi connectivity index (χ3v) is 2.74. The molecule has 0 aliphatic carbocycles. The van der Waals surface area contributed by atoms with Crippen LogP contribution >= 0.6 is 0 Å². The fourth-order valence-corrected chi connectivity index (χ4v) is 1.57. The Hall–Kier alpha value is -2.17. The molecule has 114 valence electrons. The zero-order chi connectivity index (χ0) is 15.5. The van der Waals surface area contributed by atoms with Crippen LogP contribution in [-0.2, 0) is 9.53 Å². The first-order valence-electron chi connectivity index (χ1n) is 7.23. The maximum absolute atomic E-state index is 11.2. The van der Waals surface area contributed by atoms with Crippen LogP contribution in [0.3, 0.4) is 0 Å². The molecule has 0 heterocycles. The number of carbonyl (C=O) groups excluding carboxylic acids is 1. The first-order valence-corrected chi connectivity index (χ1v) is 7.23. The van der Waals surface area contributed by atoms with Crippen molar-refractivity contribution < 1.29 is 9.53 Å². The molecule has 21 heavy (non-hydrogen) atoms. The van der Waals surface area contributed by atoms with E-state index in [2.05, 4.69) is 17.3 Å². The number of benzene rings is 1. The van der Waals surface area contributed by atoms with Crippen LogP contribution in [0.1, 0.15) is 32.3 Å². The number of carbonyl (C=O) groups is 1. The van der Waals surface area contributed by atoms with E-state index in [4.69, 9.17) is 4.74 Å². The molecule has 5 nitrogen and oxygen atoms in total. The topological polar surface area (TPSA) is 54.3 Å². The molecule has 0 saturated heterocycles. The zero-order valence-electron chi connectivity index (χ0n) is 13.0. The summed E-state index contributed by atoms with van der Waals surface area (Å²) in [5.74, 6) is -0.334. The van der Waals surface area contributed by atoms with E-state index in [0.29, 0.717) is 6.61 Å². The largest absolute Gasteiger partial charge is 0.463 e. The normalized spacial score (nSPS) is 11.2. The monoisotopic (exact) mass is 289 g/mol. The summed E-state index contributed by atoms with van der Waals surface area (Å²) in [6.45, 7) is 5.21. The van der Waals surface area contributed by atoms with E-state index in [1.165, 1.54) is 6.08 Å². The van der Waals surface area contributed by atoms with E-state index >= 15 is 0 Å². The van der Waals surface area contributed by atoms with Crippen LogP contribution in [-0.4, -0.2) is 31.2 Å². The molecule has 0 radical (unpaired) electrons. The van der Waals surface area contributed by atoms with Crippen LogP contribution in [0.5, 0.6) is 0 Å². The lowest BCUT2D eigenvalue weighted by Gasteiger charge is -2.09. The first kappa shape index (κ1) is 16.9. The van der Waals surface area contributed by atoms with Crippen LogP contribution in [0.15, 0.2) is 40.7 Å². The third kappa shape index (κ3) is 7.25. The van der Waals surface area contributed by atoms with E-state index in [9.17, 15) is 4.79 Å². The Labute approximate surface area is 126 Å². The van der Waals surface area contributed by atoms with Gasteiger partial charge in [-0.05, 0) is 37.1 Å². The molecule has 0 N–H and O–H groups in total. The zero-order valence-corrected chi connectivity index (χ0v) is 13.0. The fraction of sp³-hybridized carbons (Fsp3) is 0.438. The van der Waals surface area contributed by atoms with Gasteiger partial charge in [-0.15, -0.1) is 5.11 Å². The van der Waals surface area contributed by atoms with Crippen LogP contribution in [0.25, 0.3) is 6.08 Å². The number of hydrogen-bond acceptors (Lipinski definition) is 4. The van der Waals surface area contributed by atoms with Crippen molar-refractivity contribution in [2.24, 2.45) is 10.3 Å². The van der Waals surface area contributed by atoms with Gasteiger partial charge >= 0.3 is 5.97 Å². The molecular formula is C16H23N3O2. The van der Waals surface area contributed by atoms with Crippen molar-refractivity contribution in [3.05, 3.63) is 35.9 Å². The number of unbranched alkanes of at least 4 members (excludes halogenated alkanes) is 1. The number of esters is 1. The Morgan fingerprint density at radius 2 is 2.00 bits per heavy atom. The number of ether oxygens (including phenoxy) is 1. The summed E-state index contributed by atoms with van der Waals surface area (Å²) in [7, 11) is 1.91. The van der Waals surface area contributed by atoms with Gasteiger partial charge in [0.25, 0.3) is 0 Å². The highest BCUT2D eigenvalue weighted by atomic mass is 16.5. The number of nitrogens with zero attached hydrogens (tertiary/aromatic N) is 3. The smallest absolute Gasteiger partial charge is 0.330 e. The Balaban J connectivity index is 2.54. The molecule has 5 heteroatoms. The SMILES string of the molecule is CCCCN(C)N=Nc1ccc(/C=C\C(=O)OCC)cc1. The van der Waals surface area contributed by atoms with Crippen molar-refractivity contribution in [2.75, 3.05) is 20.2 Å². The Morgan fingerprint density at radius 3 is 2.62 bits per heavy atom. The van der Waals surface area contributed by atoms with Gasteiger partial charge in [-0.2, -0.15) is 0 Å². The molecular weight excluding hydrogens is 266 g/mol. The lowest BCUT2D eigenvalue weighted by Crippen LogP contribution is -2.10. The van der Waals surface area contributed by atoms with E-state index in [1.807, 2.05) is 36.3 Å². The van der Waals surface area contributed by atoms with Gasteiger partial charge in [-0.1, -0.05) is 30.7 Å². The first-order chi connectivity index (χ1) is 10.2. The molecule has 1 aromatic rings. The maximum atomic E-state index is 11.2. The van der Waals surface area contributed by atoms with E-state index in [-0.39, 0.29) is 5.97 Å². The van der Waals surface area contributed by atoms with Gasteiger partial charge in [0, 0.05) is 19.7 Å². The van der Waals surface area contributed by atoms with Crippen molar-refractivity contribution in [1.29, 1.82) is 0 Å². The van der Waals surface area contributed by atoms with E-state index in [0.717, 1.165) is 30.6 Å². The van der Waals surface area contributed by atoms with Crippen LogP contribution < -0.4 is 0 Å². The van der Waals surface area contributed by atoms with Gasteiger partial charge in [0.15, 0.2) is 0 Å². The Bertz CT molecular complexity index is 481. The highest BCUT2D eigenvalue weighted by Crippen LogP contribution is 2.15. The number of rotatable bonds is 8. The molecule has 0 aromatic heterocycles. The third-order valence-electron chi connectivity index (χ3n) is 2.74. The summed E-state index contributed by atoms with van der Waals surface area (Å²) in [5.41, 5.74) is 1.70. The van der Waals surface area contributed by atoms with Gasteiger partial charge in [0.05, 0.1) is 12.3 Å². The molecule has 0 unspecified atom stereocenters. The van der Waals surface area contributed by atoms with E-state index < -0.39 is 0 Å². The molecule has 0 spiro atoms. The van der Waals surface area contributed by atoms with Crippen LogP contribution in [0.2, 0.25) is 0 Å². The van der Waals surface area contributed by atoms with Crippen molar-refractivity contribution in [3.63, 3.8) is 0 Å². The van der Waals surface area contributed by atoms with Crippen molar-refractivity contribution >= 4 is 17.7 Å². The van der Waals surface area contributed by atoms with Gasteiger partial charge in [-0.3, -0.25) is 5.01 Å². The molecule has 1 rings (SSSR count). The summed E-state index contributed by atoms with van der Waals surface area (Å²) in [6.07, 6.45) is 5.37. The minimum atomic E-state index is -0.334. The van der Waals surface area contributed by atoms with Crippen molar-refractivity contribution in [1.82, 2.24) is 5.01 Å². The molecule has 1 aromatic carbocycles. The summed E-state index contributed by atoms with van der Waals surface area (Å²) in [5, 5.41) is 10.1. The average Bonchev–Trinajstić information content (AvgIpc) is 2.50. The second-order valence-corrected chi connectivity index (χ2v) is 4.60. The quantitative estimate of drug-likeness (QED) is 0.314. The second-order valence-electron chi connectivity index (χ2n) is 4.60. The predicted molar refractivity (Wildman–Crippen MR) is 84.2 cm³/mol. The Kier molecular flexibility index (Phi) is 7.79. The number of hydrogen-bond donors (Lipinski definition) is 0. The summed E-state index contributed by atoms with van der Waals surface area (Å²) < 4.78 is 4.82. The summed E-state index contributed by atoms with van der Waals surface area (Å²) in [4.78, 5) is 11.2. The second kappa shape index (κ2) is 9.69. The standard InChI is InChI=1S/C16H23N3O2/c1-4-6-13-19(3)18-17-15-10-7-14(8-11-15)9-12-16(20)21-5-2/h7-12H,4-6,13H2,1-3H3/b12-9-,18-17?. The molecule has 0 amide bonds. The van der Waals surface area contributed by atoms with Gasteiger partial charge < -0.3 is 4.74 Å². The predicted octanol–water partition coefficient (Wildman–Crippen LogP) is 3.99. The highest BCUT2D eigenvalue weighted by molar-refractivity contribution is 5.87. The minimum absolute atomic E-state index is 0.334. The maximum Gasteiger partial charge on any atom is 0.330 e. The molecule has 0 atom stereocenters. The van der Waals surface area contributed by atoms with Crippen LogP contribution in [0, 0.1) is 0 Å². The summed E-state index contributed by atoms with van der Waals surface area (Å²) in [6, 6.07) is 7.50. The minimum Gasteiger partial charge on any atom is -0.463 e. The van der Waals surface area contributed by atoms with Crippen LogP contribution in [0.4, 0.5) is 5.69 Å². The average molecular weight is 289 g/mol. The van der Waals surface area contributed by atoms with Gasteiger partial charge in [-0.25, -0.2) is 4.79 Å². The highest BCUT2D eigenvalue weighted by Gasteiger charge is 1.96. The van der Waals surface area contributed by atoms with E-state index in [1.54, 1.807) is 13.0 Å².